The van der Waals surface area contributed by atoms with Crippen molar-refractivity contribution in [1.82, 2.24) is 24.6 Å². The molecule has 5 rings (SSSR count). The molecule has 5 aromatic rings. The van der Waals surface area contributed by atoms with E-state index < -0.39 is 0 Å². The van der Waals surface area contributed by atoms with E-state index in [1.807, 2.05) is 72.8 Å². The Kier molecular flexibility index (Phi) is 4.42. The zero-order valence-electron chi connectivity index (χ0n) is 15.5. The molecule has 6 nitrogen and oxygen atoms in total. The summed E-state index contributed by atoms with van der Waals surface area (Å²) in [6.45, 7) is 0.539. The largest absolute Gasteiger partial charge is 0.489 e. The van der Waals surface area contributed by atoms with Crippen LogP contribution in [0.3, 0.4) is 0 Å². The Hall–Kier alpha value is -4.06. The molecule has 0 aliphatic carbocycles. The average Bonchev–Trinajstić information content (AvgIpc) is 3.24. The molecule has 140 valence electrons. The predicted molar refractivity (Wildman–Crippen MR) is 110 cm³/mol. The summed E-state index contributed by atoms with van der Waals surface area (Å²) >= 11 is 0. The number of hydrogen-bond acceptors (Lipinski definition) is 5. The van der Waals surface area contributed by atoms with Crippen molar-refractivity contribution in [2.45, 2.75) is 6.61 Å². The molecule has 0 saturated carbocycles. The SMILES string of the molecule is c1ccc(COc2ccc(-c3ccnc4nc(-c5cccnc5)nn34)cc2)cc1. The van der Waals surface area contributed by atoms with Gasteiger partial charge in [0.25, 0.3) is 5.78 Å². The molecule has 3 aromatic heterocycles. The van der Waals surface area contributed by atoms with Crippen molar-refractivity contribution >= 4 is 5.78 Å². The van der Waals surface area contributed by atoms with Crippen molar-refractivity contribution in [3.05, 3.63) is 97.0 Å². The average molecular weight is 379 g/mol. The third-order valence-electron chi connectivity index (χ3n) is 4.56. The van der Waals surface area contributed by atoms with Crippen LogP contribution in [0.5, 0.6) is 5.75 Å². The Labute approximate surface area is 167 Å². The summed E-state index contributed by atoms with van der Waals surface area (Å²) in [7, 11) is 0. The number of rotatable bonds is 5. The number of pyridine rings is 1. The third kappa shape index (κ3) is 3.55. The number of aromatic nitrogens is 5. The summed E-state index contributed by atoms with van der Waals surface area (Å²) in [5, 5.41) is 4.63. The summed E-state index contributed by atoms with van der Waals surface area (Å²) in [6, 6.07) is 23.8. The zero-order chi connectivity index (χ0) is 19.5. The maximum atomic E-state index is 5.88. The lowest BCUT2D eigenvalue weighted by molar-refractivity contribution is 0.306. The summed E-state index contributed by atoms with van der Waals surface area (Å²) in [5.41, 5.74) is 3.91. The van der Waals surface area contributed by atoms with Crippen molar-refractivity contribution in [2.24, 2.45) is 0 Å². The topological polar surface area (TPSA) is 65.2 Å². The van der Waals surface area contributed by atoms with E-state index >= 15 is 0 Å². The lowest BCUT2D eigenvalue weighted by Crippen LogP contribution is -1.97. The van der Waals surface area contributed by atoms with Crippen molar-refractivity contribution in [3.63, 3.8) is 0 Å². The van der Waals surface area contributed by atoms with Crippen LogP contribution < -0.4 is 4.74 Å². The highest BCUT2D eigenvalue weighted by Gasteiger charge is 2.11. The lowest BCUT2D eigenvalue weighted by atomic mass is 10.1. The van der Waals surface area contributed by atoms with Crippen LogP contribution in [0.25, 0.3) is 28.4 Å². The highest BCUT2D eigenvalue weighted by atomic mass is 16.5. The number of nitrogens with zero attached hydrogens (tertiary/aromatic N) is 5. The van der Waals surface area contributed by atoms with Gasteiger partial charge in [-0.2, -0.15) is 9.50 Å². The number of hydrogen-bond donors (Lipinski definition) is 0. The van der Waals surface area contributed by atoms with Gasteiger partial charge in [-0.25, -0.2) is 4.98 Å². The molecule has 0 fully saturated rings. The Bertz CT molecular complexity index is 1240. The van der Waals surface area contributed by atoms with Gasteiger partial charge in [-0.3, -0.25) is 4.98 Å². The molecular formula is C23H17N5O. The van der Waals surface area contributed by atoms with Gasteiger partial charge in [0.05, 0.1) is 5.69 Å². The minimum absolute atomic E-state index is 0.539. The van der Waals surface area contributed by atoms with E-state index in [2.05, 4.69) is 20.1 Å². The standard InChI is InChI=1S/C23H17N5O/c1-2-5-17(6-3-1)16-29-20-10-8-18(9-11-20)21-12-14-25-23-26-22(27-28(21)23)19-7-4-13-24-15-19/h1-15H,16H2. The summed E-state index contributed by atoms with van der Waals surface area (Å²) in [5.74, 6) is 1.96. The molecule has 0 spiro atoms. The quantitative estimate of drug-likeness (QED) is 0.452. The Balaban J connectivity index is 1.42. The second-order valence-electron chi connectivity index (χ2n) is 6.52. The maximum Gasteiger partial charge on any atom is 0.253 e. The van der Waals surface area contributed by atoms with Gasteiger partial charge in [-0.15, -0.1) is 5.10 Å². The Morgan fingerprint density at radius 3 is 2.45 bits per heavy atom. The third-order valence-corrected chi connectivity index (χ3v) is 4.56. The van der Waals surface area contributed by atoms with Crippen LogP contribution in [0.4, 0.5) is 0 Å². The molecule has 0 unspecified atom stereocenters. The van der Waals surface area contributed by atoms with E-state index in [0.717, 1.165) is 28.1 Å². The molecule has 0 N–H and O–H groups in total. The Morgan fingerprint density at radius 2 is 1.66 bits per heavy atom. The van der Waals surface area contributed by atoms with Crippen LogP contribution in [0.1, 0.15) is 5.56 Å². The smallest absolute Gasteiger partial charge is 0.253 e. The van der Waals surface area contributed by atoms with Crippen molar-refractivity contribution in [2.75, 3.05) is 0 Å². The van der Waals surface area contributed by atoms with Gasteiger partial charge in [0, 0.05) is 29.7 Å². The summed E-state index contributed by atoms with van der Waals surface area (Å²) in [4.78, 5) is 13.0. The van der Waals surface area contributed by atoms with E-state index in [4.69, 9.17) is 4.74 Å². The molecule has 6 heteroatoms. The number of ether oxygens (including phenoxy) is 1. The fourth-order valence-corrected chi connectivity index (χ4v) is 3.09. The van der Waals surface area contributed by atoms with E-state index in [-0.39, 0.29) is 0 Å². The number of benzene rings is 2. The lowest BCUT2D eigenvalue weighted by Gasteiger charge is -2.08. The maximum absolute atomic E-state index is 5.88. The highest BCUT2D eigenvalue weighted by Crippen LogP contribution is 2.24. The predicted octanol–water partition coefficient (Wildman–Crippen LogP) is 4.43. The fraction of sp³-hybridized carbons (Fsp3) is 0.0435. The molecule has 0 atom stereocenters. The van der Waals surface area contributed by atoms with Gasteiger partial charge < -0.3 is 4.74 Å². The van der Waals surface area contributed by atoms with Crippen LogP contribution in [0.15, 0.2) is 91.4 Å². The second-order valence-corrected chi connectivity index (χ2v) is 6.52. The molecule has 0 aliphatic heterocycles. The van der Waals surface area contributed by atoms with Crippen molar-refractivity contribution < 1.29 is 4.74 Å². The van der Waals surface area contributed by atoms with E-state index in [1.54, 1.807) is 23.1 Å². The molecule has 0 aliphatic rings. The first-order chi connectivity index (χ1) is 14.4. The van der Waals surface area contributed by atoms with E-state index in [1.165, 1.54) is 0 Å². The van der Waals surface area contributed by atoms with Gasteiger partial charge in [-0.1, -0.05) is 30.3 Å². The molecule has 2 aromatic carbocycles. The molecule has 0 saturated heterocycles. The molecule has 0 bridgehead atoms. The zero-order valence-corrected chi connectivity index (χ0v) is 15.5. The van der Waals surface area contributed by atoms with Crippen LogP contribution >= 0.6 is 0 Å². The van der Waals surface area contributed by atoms with Crippen LogP contribution in [-0.4, -0.2) is 24.6 Å². The molecule has 3 heterocycles. The van der Waals surface area contributed by atoms with Gasteiger partial charge in [-0.05, 0) is 48.0 Å². The first-order valence-corrected chi connectivity index (χ1v) is 9.26. The highest BCUT2D eigenvalue weighted by molar-refractivity contribution is 5.64. The van der Waals surface area contributed by atoms with Crippen molar-refractivity contribution in [1.29, 1.82) is 0 Å². The molecular weight excluding hydrogens is 362 g/mol. The van der Waals surface area contributed by atoms with Crippen LogP contribution in [-0.2, 0) is 6.61 Å². The molecule has 0 amide bonds. The summed E-state index contributed by atoms with van der Waals surface area (Å²) in [6.07, 6.45) is 5.21. The van der Waals surface area contributed by atoms with Gasteiger partial charge >= 0.3 is 0 Å². The van der Waals surface area contributed by atoms with Gasteiger partial charge in [0.1, 0.15) is 12.4 Å². The minimum Gasteiger partial charge on any atom is -0.489 e. The summed E-state index contributed by atoms with van der Waals surface area (Å²) < 4.78 is 7.63. The normalized spacial score (nSPS) is 10.9. The first-order valence-electron chi connectivity index (χ1n) is 9.26. The fourth-order valence-electron chi connectivity index (χ4n) is 3.09. The van der Waals surface area contributed by atoms with E-state index in [0.29, 0.717) is 18.2 Å². The minimum atomic E-state index is 0.539. The van der Waals surface area contributed by atoms with Crippen LogP contribution in [0, 0.1) is 0 Å². The van der Waals surface area contributed by atoms with Crippen LogP contribution in [0.2, 0.25) is 0 Å². The number of fused-ring (bicyclic) bond motifs is 1. The first kappa shape index (κ1) is 17.1. The van der Waals surface area contributed by atoms with E-state index in [9.17, 15) is 0 Å². The monoisotopic (exact) mass is 379 g/mol. The van der Waals surface area contributed by atoms with Crippen molar-refractivity contribution in [3.8, 4) is 28.4 Å². The Morgan fingerprint density at radius 1 is 0.793 bits per heavy atom. The van der Waals surface area contributed by atoms with Gasteiger partial charge in [0.15, 0.2) is 5.82 Å². The van der Waals surface area contributed by atoms with Gasteiger partial charge in [0.2, 0.25) is 0 Å². The second kappa shape index (κ2) is 7.52. The molecule has 29 heavy (non-hydrogen) atoms. The molecule has 0 radical (unpaired) electrons.